The van der Waals surface area contributed by atoms with Crippen LogP contribution in [0.25, 0.3) is 10.9 Å². The van der Waals surface area contributed by atoms with E-state index in [1.54, 1.807) is 17.0 Å². The fourth-order valence-electron chi connectivity index (χ4n) is 5.74. The molecule has 3 aliphatic heterocycles. The second-order valence-corrected chi connectivity index (χ2v) is 10.6. The summed E-state index contributed by atoms with van der Waals surface area (Å²) in [6, 6.07) is 16.7. The molecule has 1 N–H and O–H groups in total. The molecule has 2 aromatic carbocycles. The predicted molar refractivity (Wildman–Crippen MR) is 138 cm³/mol. The Morgan fingerprint density at radius 2 is 2.03 bits per heavy atom. The second-order valence-electron chi connectivity index (χ2n) is 10.6. The molecule has 9 nitrogen and oxygen atoms in total. The van der Waals surface area contributed by atoms with Crippen molar-refractivity contribution in [3.8, 4) is 11.8 Å². The fourth-order valence-corrected chi connectivity index (χ4v) is 5.74. The van der Waals surface area contributed by atoms with Crippen LogP contribution in [0.3, 0.4) is 0 Å². The van der Waals surface area contributed by atoms with Crippen molar-refractivity contribution in [1.82, 2.24) is 20.1 Å². The van der Waals surface area contributed by atoms with Crippen molar-refractivity contribution >= 4 is 28.6 Å². The number of imide groups is 1. The Bertz CT molecular complexity index is 1530. The van der Waals surface area contributed by atoms with E-state index in [0.29, 0.717) is 30.0 Å². The summed E-state index contributed by atoms with van der Waals surface area (Å²) in [6.07, 6.45) is 1.44. The molecule has 4 heterocycles. The maximum Gasteiger partial charge on any atom is 0.255 e. The third-order valence-electron chi connectivity index (χ3n) is 7.65. The zero-order chi connectivity index (χ0) is 26.4. The number of benzene rings is 2. The van der Waals surface area contributed by atoms with E-state index in [4.69, 9.17) is 10.00 Å². The van der Waals surface area contributed by atoms with Gasteiger partial charge in [0, 0.05) is 50.0 Å². The average molecular weight is 510 g/mol. The predicted octanol–water partition coefficient (Wildman–Crippen LogP) is 2.91. The molecule has 2 fully saturated rings. The number of aromatic nitrogens is 1. The minimum absolute atomic E-state index is 0.186. The van der Waals surface area contributed by atoms with Gasteiger partial charge in [-0.3, -0.25) is 24.6 Å². The van der Waals surface area contributed by atoms with Crippen molar-refractivity contribution < 1.29 is 19.1 Å². The number of nitriles is 1. The quantitative estimate of drug-likeness (QED) is 0.526. The van der Waals surface area contributed by atoms with E-state index in [1.165, 1.54) is 5.56 Å². The molecule has 0 spiro atoms. The summed E-state index contributed by atoms with van der Waals surface area (Å²) in [5, 5.41) is 12.4. The summed E-state index contributed by atoms with van der Waals surface area (Å²) in [6.45, 7) is 4.87. The van der Waals surface area contributed by atoms with Crippen LogP contribution in [0.1, 0.15) is 53.4 Å². The van der Waals surface area contributed by atoms with Gasteiger partial charge in [-0.1, -0.05) is 6.07 Å². The first kappa shape index (κ1) is 24.1. The van der Waals surface area contributed by atoms with Gasteiger partial charge in [-0.15, -0.1) is 0 Å². The summed E-state index contributed by atoms with van der Waals surface area (Å²) < 4.78 is 6.47. The first-order valence-electron chi connectivity index (χ1n) is 12.8. The molecule has 3 aromatic rings. The van der Waals surface area contributed by atoms with E-state index in [-0.39, 0.29) is 23.8 Å². The van der Waals surface area contributed by atoms with Crippen LogP contribution in [0.4, 0.5) is 0 Å². The topological polar surface area (TPSA) is 116 Å². The fraction of sp³-hybridized carbons (Fsp3) is 0.345. The molecular weight excluding hydrogens is 482 g/mol. The third-order valence-corrected chi connectivity index (χ3v) is 7.65. The van der Waals surface area contributed by atoms with Gasteiger partial charge in [-0.25, -0.2) is 4.98 Å². The van der Waals surface area contributed by atoms with Gasteiger partial charge >= 0.3 is 0 Å². The van der Waals surface area contributed by atoms with Crippen LogP contribution in [-0.4, -0.2) is 57.2 Å². The molecule has 0 bridgehead atoms. The van der Waals surface area contributed by atoms with Crippen LogP contribution >= 0.6 is 0 Å². The molecular formula is C29H27N5O4. The Balaban J connectivity index is 1.11. The van der Waals surface area contributed by atoms with E-state index in [9.17, 15) is 14.4 Å². The number of ether oxygens (including phenoxy) is 1. The van der Waals surface area contributed by atoms with Crippen LogP contribution in [0.5, 0.6) is 5.75 Å². The normalized spacial score (nSPS) is 23.4. The molecule has 3 amide bonds. The average Bonchev–Trinajstić information content (AvgIpc) is 3.42. The maximum atomic E-state index is 13.0. The largest absolute Gasteiger partial charge is 0.486 e. The van der Waals surface area contributed by atoms with Gasteiger partial charge in [0.2, 0.25) is 11.8 Å². The lowest BCUT2D eigenvalue weighted by molar-refractivity contribution is -0.136. The van der Waals surface area contributed by atoms with Crippen LogP contribution < -0.4 is 10.1 Å². The number of likely N-dealkylation sites (tertiary alicyclic amines) is 1. The van der Waals surface area contributed by atoms with E-state index >= 15 is 0 Å². The minimum atomic E-state index is -0.628. The molecule has 3 aliphatic rings. The molecule has 9 heteroatoms. The number of pyridine rings is 1. The van der Waals surface area contributed by atoms with Crippen LogP contribution in [-0.2, 0) is 22.7 Å². The Labute approximate surface area is 220 Å². The van der Waals surface area contributed by atoms with Gasteiger partial charge in [0.1, 0.15) is 29.2 Å². The SMILES string of the molecule is C[C@]1(Oc2ccc3c(c2)CN(C2CCC(=O)NC2=O)C3=O)CCN(Cc2ccc3nc(C#N)ccc3c2)C1. The summed E-state index contributed by atoms with van der Waals surface area (Å²) in [7, 11) is 0. The minimum Gasteiger partial charge on any atom is -0.486 e. The zero-order valence-corrected chi connectivity index (χ0v) is 21.1. The van der Waals surface area contributed by atoms with Gasteiger partial charge < -0.3 is 9.64 Å². The lowest BCUT2D eigenvalue weighted by Gasteiger charge is -2.29. The number of rotatable bonds is 5. The third kappa shape index (κ3) is 4.48. The monoisotopic (exact) mass is 509 g/mol. The highest BCUT2D eigenvalue weighted by atomic mass is 16.5. The molecule has 0 radical (unpaired) electrons. The first-order valence-corrected chi connectivity index (χ1v) is 12.8. The summed E-state index contributed by atoms with van der Waals surface area (Å²) >= 11 is 0. The number of fused-ring (bicyclic) bond motifs is 2. The van der Waals surface area contributed by atoms with Gasteiger partial charge in [0.05, 0.1) is 5.52 Å². The summed E-state index contributed by atoms with van der Waals surface area (Å²) in [4.78, 5) is 45.0. The first-order chi connectivity index (χ1) is 18.3. The van der Waals surface area contributed by atoms with Crippen molar-refractivity contribution in [2.45, 2.75) is 50.9 Å². The summed E-state index contributed by atoms with van der Waals surface area (Å²) in [5.74, 6) is -0.186. The van der Waals surface area contributed by atoms with Gasteiger partial charge in [0.15, 0.2) is 0 Å². The van der Waals surface area contributed by atoms with Gasteiger partial charge in [0.25, 0.3) is 5.91 Å². The molecule has 192 valence electrons. The molecule has 1 aromatic heterocycles. The number of hydrogen-bond donors (Lipinski definition) is 1. The molecule has 0 saturated carbocycles. The van der Waals surface area contributed by atoms with Crippen LogP contribution in [0.15, 0.2) is 48.5 Å². The molecule has 2 atom stereocenters. The van der Waals surface area contributed by atoms with Crippen molar-refractivity contribution in [1.29, 1.82) is 5.26 Å². The Kier molecular flexibility index (Phi) is 5.84. The van der Waals surface area contributed by atoms with Crippen LogP contribution in [0.2, 0.25) is 0 Å². The molecule has 2 saturated heterocycles. The highest BCUT2D eigenvalue weighted by Gasteiger charge is 2.40. The Morgan fingerprint density at radius 1 is 1.16 bits per heavy atom. The highest BCUT2D eigenvalue weighted by Crippen LogP contribution is 2.34. The van der Waals surface area contributed by atoms with E-state index in [2.05, 4.69) is 40.3 Å². The Morgan fingerprint density at radius 3 is 2.84 bits per heavy atom. The summed E-state index contributed by atoms with van der Waals surface area (Å²) in [5.41, 5.74) is 3.44. The van der Waals surface area contributed by atoms with E-state index in [0.717, 1.165) is 42.5 Å². The van der Waals surface area contributed by atoms with Crippen molar-refractivity contribution in [3.05, 3.63) is 70.9 Å². The van der Waals surface area contributed by atoms with Gasteiger partial charge in [-0.2, -0.15) is 5.26 Å². The van der Waals surface area contributed by atoms with Crippen molar-refractivity contribution in [2.24, 2.45) is 0 Å². The smallest absolute Gasteiger partial charge is 0.255 e. The maximum absolute atomic E-state index is 13.0. The lowest BCUT2D eigenvalue weighted by atomic mass is 10.0. The number of carbonyl (C=O) groups is 3. The van der Waals surface area contributed by atoms with E-state index in [1.807, 2.05) is 24.3 Å². The second kappa shape index (κ2) is 9.23. The highest BCUT2D eigenvalue weighted by molar-refractivity contribution is 6.05. The number of nitrogens with zero attached hydrogens (tertiary/aromatic N) is 4. The molecule has 6 rings (SSSR count). The number of amides is 3. The zero-order valence-electron chi connectivity index (χ0n) is 21.1. The van der Waals surface area contributed by atoms with Crippen molar-refractivity contribution in [3.63, 3.8) is 0 Å². The number of nitrogens with one attached hydrogen (secondary N) is 1. The van der Waals surface area contributed by atoms with Gasteiger partial charge in [-0.05, 0) is 66.9 Å². The molecule has 1 unspecified atom stereocenters. The standard InChI is InChI=1S/C29H27N5O4/c1-29(10-11-33(17-29)15-18-2-7-24-19(12-18)3-4-21(14-30)31-24)38-22-5-6-23-20(13-22)16-34(28(23)37)25-8-9-26(35)32-27(25)36/h2-7,12-13,25H,8-11,15-17H2,1H3,(H,32,35,36)/t25?,29-/m0/s1. The number of hydrogen-bond acceptors (Lipinski definition) is 7. The number of carbonyl (C=O) groups excluding carboxylic acids is 3. The molecule has 0 aliphatic carbocycles. The van der Waals surface area contributed by atoms with Crippen LogP contribution in [0, 0.1) is 11.3 Å². The lowest BCUT2D eigenvalue weighted by Crippen LogP contribution is -2.52. The molecule has 38 heavy (non-hydrogen) atoms. The van der Waals surface area contributed by atoms with E-state index < -0.39 is 11.9 Å². The van der Waals surface area contributed by atoms with Crippen molar-refractivity contribution in [2.75, 3.05) is 13.1 Å². The Hall–Kier alpha value is -4.29. The number of piperidine rings is 1.